The highest BCUT2D eigenvalue weighted by Crippen LogP contribution is 2.23. The van der Waals surface area contributed by atoms with Crippen LogP contribution in [0.3, 0.4) is 0 Å². The highest BCUT2D eigenvalue weighted by molar-refractivity contribution is 6.07. The summed E-state index contributed by atoms with van der Waals surface area (Å²) in [6, 6.07) is 13.7. The molecule has 9 heteroatoms. The fourth-order valence-electron chi connectivity index (χ4n) is 2.22. The number of nitriles is 1. The summed E-state index contributed by atoms with van der Waals surface area (Å²) in [4.78, 5) is 34.7. The van der Waals surface area contributed by atoms with E-state index in [4.69, 9.17) is 4.74 Å². The fraction of sp³-hybridized carbons (Fsp3) is 0.105. The molecule has 0 saturated carbocycles. The molecule has 0 aliphatic heterocycles. The van der Waals surface area contributed by atoms with Gasteiger partial charge in [-0.15, -0.1) is 0 Å². The number of carbonyl (C=O) groups is 2. The van der Waals surface area contributed by atoms with Gasteiger partial charge in [-0.25, -0.2) is 4.79 Å². The summed E-state index contributed by atoms with van der Waals surface area (Å²) >= 11 is 0. The number of hydrogen-bond acceptors (Lipinski definition) is 7. The minimum Gasteiger partial charge on any atom is -0.462 e. The molecule has 28 heavy (non-hydrogen) atoms. The SMILES string of the molecule is CCOC(=O)c1ccccc1N/C=C(/C#N)C(=O)Nc1ccccc1[N+](=O)[O-]. The Morgan fingerprint density at radius 1 is 1.18 bits per heavy atom. The van der Waals surface area contributed by atoms with E-state index in [9.17, 15) is 25.0 Å². The van der Waals surface area contributed by atoms with Gasteiger partial charge in [0.2, 0.25) is 0 Å². The average molecular weight is 380 g/mol. The zero-order chi connectivity index (χ0) is 20.5. The summed E-state index contributed by atoms with van der Waals surface area (Å²) in [6.45, 7) is 1.87. The first-order chi connectivity index (χ1) is 13.5. The Morgan fingerprint density at radius 2 is 1.82 bits per heavy atom. The van der Waals surface area contributed by atoms with Crippen LogP contribution in [0.1, 0.15) is 17.3 Å². The van der Waals surface area contributed by atoms with Crippen LogP contribution in [-0.2, 0) is 9.53 Å². The maximum absolute atomic E-state index is 12.3. The first kappa shape index (κ1) is 20.1. The monoisotopic (exact) mass is 380 g/mol. The molecule has 0 aromatic heterocycles. The number of rotatable bonds is 7. The second-order valence-electron chi connectivity index (χ2n) is 5.31. The maximum Gasteiger partial charge on any atom is 0.340 e. The fourth-order valence-corrected chi connectivity index (χ4v) is 2.22. The van der Waals surface area contributed by atoms with E-state index in [0.717, 1.165) is 6.20 Å². The molecule has 0 heterocycles. The van der Waals surface area contributed by atoms with Crippen molar-refractivity contribution in [3.63, 3.8) is 0 Å². The Kier molecular flexibility index (Phi) is 6.82. The van der Waals surface area contributed by atoms with Crippen LogP contribution in [0.4, 0.5) is 17.1 Å². The van der Waals surface area contributed by atoms with Gasteiger partial charge in [0.25, 0.3) is 11.6 Å². The Balaban J connectivity index is 2.22. The zero-order valence-corrected chi connectivity index (χ0v) is 14.8. The lowest BCUT2D eigenvalue weighted by Gasteiger charge is -2.09. The van der Waals surface area contributed by atoms with Gasteiger partial charge in [0, 0.05) is 12.3 Å². The molecule has 0 spiro atoms. The second-order valence-corrected chi connectivity index (χ2v) is 5.31. The molecule has 9 nitrogen and oxygen atoms in total. The number of nitro groups is 1. The van der Waals surface area contributed by atoms with Crippen molar-refractivity contribution < 1.29 is 19.2 Å². The predicted octanol–water partition coefficient (Wildman–Crippen LogP) is 3.23. The van der Waals surface area contributed by atoms with Gasteiger partial charge >= 0.3 is 5.97 Å². The van der Waals surface area contributed by atoms with Crippen LogP contribution in [0, 0.1) is 21.4 Å². The van der Waals surface area contributed by atoms with Crippen molar-refractivity contribution in [2.24, 2.45) is 0 Å². The summed E-state index contributed by atoms with van der Waals surface area (Å²) < 4.78 is 4.96. The third-order valence-corrected chi connectivity index (χ3v) is 3.51. The number of ether oxygens (including phenoxy) is 1. The zero-order valence-electron chi connectivity index (χ0n) is 14.8. The minimum atomic E-state index is -0.835. The number of para-hydroxylation sites is 3. The molecule has 0 saturated heterocycles. The Hall–Kier alpha value is -4.19. The summed E-state index contributed by atoms with van der Waals surface area (Å²) in [5.41, 5.74) is -0.0969. The van der Waals surface area contributed by atoms with Crippen molar-refractivity contribution in [1.82, 2.24) is 0 Å². The lowest BCUT2D eigenvalue weighted by Crippen LogP contribution is -2.16. The van der Waals surface area contributed by atoms with E-state index in [1.54, 1.807) is 31.2 Å². The van der Waals surface area contributed by atoms with Gasteiger partial charge in [0.1, 0.15) is 17.3 Å². The lowest BCUT2D eigenvalue weighted by atomic mass is 10.1. The van der Waals surface area contributed by atoms with Crippen LogP contribution in [0.5, 0.6) is 0 Å². The number of amides is 1. The van der Waals surface area contributed by atoms with Gasteiger partial charge < -0.3 is 15.4 Å². The van der Waals surface area contributed by atoms with E-state index in [1.807, 2.05) is 0 Å². The molecule has 0 bridgehead atoms. The molecular formula is C19H16N4O5. The molecule has 0 atom stereocenters. The summed E-state index contributed by atoms with van der Waals surface area (Å²) in [7, 11) is 0. The maximum atomic E-state index is 12.3. The number of anilines is 2. The van der Waals surface area contributed by atoms with Crippen LogP contribution >= 0.6 is 0 Å². The molecule has 0 unspecified atom stereocenters. The second kappa shape index (κ2) is 9.49. The standard InChI is InChI=1S/C19H16N4O5/c1-2-28-19(25)14-7-3-4-8-15(14)21-12-13(11-20)18(24)22-16-9-5-6-10-17(16)23(26)27/h3-10,12,21H,2H2,1H3,(H,22,24)/b13-12-. The third-order valence-electron chi connectivity index (χ3n) is 3.51. The van der Waals surface area contributed by atoms with Crippen molar-refractivity contribution in [2.75, 3.05) is 17.2 Å². The quantitative estimate of drug-likeness (QED) is 0.247. The molecule has 0 aliphatic rings. The van der Waals surface area contributed by atoms with Gasteiger partial charge in [-0.2, -0.15) is 5.26 Å². The van der Waals surface area contributed by atoms with Crippen LogP contribution < -0.4 is 10.6 Å². The van der Waals surface area contributed by atoms with E-state index in [1.165, 1.54) is 30.3 Å². The third kappa shape index (κ3) is 4.92. The topological polar surface area (TPSA) is 134 Å². The number of benzene rings is 2. The first-order valence-electron chi connectivity index (χ1n) is 8.15. The smallest absolute Gasteiger partial charge is 0.340 e. The van der Waals surface area contributed by atoms with Gasteiger partial charge in [0.15, 0.2) is 0 Å². The van der Waals surface area contributed by atoms with Crippen LogP contribution in [-0.4, -0.2) is 23.4 Å². The minimum absolute atomic E-state index is 0.0365. The lowest BCUT2D eigenvalue weighted by molar-refractivity contribution is -0.383. The average Bonchev–Trinajstić information content (AvgIpc) is 2.69. The molecule has 2 rings (SSSR count). The normalized spacial score (nSPS) is 10.5. The molecule has 2 N–H and O–H groups in total. The summed E-state index contributed by atoms with van der Waals surface area (Å²) in [6.07, 6.45) is 1.11. The van der Waals surface area contributed by atoms with E-state index in [2.05, 4.69) is 10.6 Å². The molecule has 0 aliphatic carbocycles. The number of esters is 1. The number of nitrogens with one attached hydrogen (secondary N) is 2. The first-order valence-corrected chi connectivity index (χ1v) is 8.15. The van der Waals surface area contributed by atoms with E-state index >= 15 is 0 Å². The Bertz CT molecular complexity index is 978. The molecule has 142 valence electrons. The molecule has 1 amide bonds. The van der Waals surface area contributed by atoms with Gasteiger partial charge in [0.05, 0.1) is 22.8 Å². The van der Waals surface area contributed by atoms with E-state index in [0.29, 0.717) is 5.69 Å². The van der Waals surface area contributed by atoms with Crippen molar-refractivity contribution >= 4 is 28.9 Å². The van der Waals surface area contributed by atoms with Crippen molar-refractivity contribution in [3.8, 4) is 6.07 Å². The van der Waals surface area contributed by atoms with Gasteiger partial charge in [-0.05, 0) is 25.1 Å². The largest absolute Gasteiger partial charge is 0.462 e. The van der Waals surface area contributed by atoms with Gasteiger partial charge in [-0.3, -0.25) is 14.9 Å². The van der Waals surface area contributed by atoms with Crippen molar-refractivity contribution in [3.05, 3.63) is 76.0 Å². The Morgan fingerprint density at radius 3 is 2.46 bits per heavy atom. The number of hydrogen-bond donors (Lipinski definition) is 2. The molecule has 2 aromatic rings. The molecule has 0 fully saturated rings. The van der Waals surface area contributed by atoms with E-state index < -0.39 is 16.8 Å². The summed E-state index contributed by atoms with van der Waals surface area (Å²) in [5, 5.41) is 25.3. The Labute approximate surface area is 160 Å². The predicted molar refractivity (Wildman–Crippen MR) is 101 cm³/mol. The van der Waals surface area contributed by atoms with Crippen LogP contribution in [0.25, 0.3) is 0 Å². The number of nitrogens with zero attached hydrogens (tertiary/aromatic N) is 2. The van der Waals surface area contributed by atoms with Crippen LogP contribution in [0.15, 0.2) is 60.3 Å². The molecular weight excluding hydrogens is 364 g/mol. The number of carbonyl (C=O) groups excluding carboxylic acids is 2. The van der Waals surface area contributed by atoms with Crippen molar-refractivity contribution in [2.45, 2.75) is 6.92 Å². The van der Waals surface area contributed by atoms with E-state index in [-0.39, 0.29) is 29.1 Å². The highest BCUT2D eigenvalue weighted by Gasteiger charge is 2.17. The van der Waals surface area contributed by atoms with Crippen molar-refractivity contribution in [1.29, 1.82) is 5.26 Å². The van der Waals surface area contributed by atoms with Gasteiger partial charge in [-0.1, -0.05) is 24.3 Å². The highest BCUT2D eigenvalue weighted by atomic mass is 16.6. The molecule has 0 radical (unpaired) electrons. The molecule has 2 aromatic carbocycles. The van der Waals surface area contributed by atoms with Crippen LogP contribution in [0.2, 0.25) is 0 Å². The number of nitro benzene ring substituents is 1. The summed E-state index contributed by atoms with van der Waals surface area (Å²) in [5.74, 6) is -1.39.